The van der Waals surface area contributed by atoms with Gasteiger partial charge in [-0.25, -0.2) is 4.98 Å². The van der Waals surface area contributed by atoms with Gasteiger partial charge in [0.15, 0.2) is 12.4 Å². The van der Waals surface area contributed by atoms with Gasteiger partial charge in [0.25, 0.3) is 11.5 Å². The number of likely N-dealkylation sites (N-methyl/N-ethyl adjacent to an activating group) is 1. The molecular weight excluding hydrogens is 328 g/mol. The summed E-state index contributed by atoms with van der Waals surface area (Å²) < 4.78 is 0. The highest BCUT2D eigenvalue weighted by Crippen LogP contribution is 2.15. The Morgan fingerprint density at radius 2 is 1.96 bits per heavy atom. The van der Waals surface area contributed by atoms with E-state index in [1.165, 1.54) is 0 Å². The van der Waals surface area contributed by atoms with Gasteiger partial charge in [-0.3, -0.25) is 9.59 Å². The highest BCUT2D eigenvalue weighted by atomic mass is 16.2. The van der Waals surface area contributed by atoms with Gasteiger partial charge < -0.3 is 15.2 Å². The summed E-state index contributed by atoms with van der Waals surface area (Å²) in [5, 5.41) is 3.51. The largest absolute Gasteiger partial charge is 0.323 e. The Balaban J connectivity index is 1.66. The van der Waals surface area contributed by atoms with E-state index >= 15 is 0 Å². The van der Waals surface area contributed by atoms with Crippen LogP contribution in [0.15, 0.2) is 47.3 Å². The molecule has 0 saturated heterocycles. The summed E-state index contributed by atoms with van der Waals surface area (Å²) in [6.45, 7) is 4.74. The number of carbonyl (C=O) groups excluding carboxylic acids is 1. The van der Waals surface area contributed by atoms with E-state index in [2.05, 4.69) is 15.3 Å². The molecule has 134 valence electrons. The van der Waals surface area contributed by atoms with Crippen molar-refractivity contribution >= 4 is 22.5 Å². The van der Waals surface area contributed by atoms with Crippen LogP contribution in [0.4, 0.5) is 5.69 Å². The maximum Gasteiger partial charge on any atom is 0.279 e. The zero-order valence-electron chi connectivity index (χ0n) is 15.2. The molecule has 0 radical (unpaired) electrons. The number of rotatable bonds is 5. The van der Waals surface area contributed by atoms with Crippen LogP contribution in [0.3, 0.4) is 0 Å². The van der Waals surface area contributed by atoms with Crippen molar-refractivity contribution in [2.24, 2.45) is 0 Å². The average Bonchev–Trinajstić information content (AvgIpc) is 2.57. The van der Waals surface area contributed by atoms with Gasteiger partial charge in [0, 0.05) is 5.69 Å². The third-order valence-corrected chi connectivity index (χ3v) is 4.25. The molecule has 1 unspecified atom stereocenters. The lowest BCUT2D eigenvalue weighted by molar-refractivity contribution is -0.885. The van der Waals surface area contributed by atoms with Crippen LogP contribution in [0.2, 0.25) is 0 Å². The highest BCUT2D eigenvalue weighted by Gasteiger charge is 2.14. The fraction of sp³-hybridized carbons (Fsp3) is 0.250. The molecule has 3 aromatic rings. The van der Waals surface area contributed by atoms with Crippen LogP contribution >= 0.6 is 0 Å². The Bertz CT molecular complexity index is 1010. The molecule has 1 aromatic heterocycles. The van der Waals surface area contributed by atoms with E-state index in [0.717, 1.165) is 21.7 Å². The second-order valence-corrected chi connectivity index (χ2v) is 6.71. The lowest BCUT2D eigenvalue weighted by atomic mass is 10.1. The first-order valence-electron chi connectivity index (χ1n) is 8.59. The van der Waals surface area contributed by atoms with Crippen LogP contribution in [0.1, 0.15) is 17.0 Å². The first kappa shape index (κ1) is 17.8. The van der Waals surface area contributed by atoms with E-state index in [1.54, 1.807) is 6.07 Å². The van der Waals surface area contributed by atoms with Crippen LogP contribution in [-0.4, -0.2) is 29.5 Å². The van der Waals surface area contributed by atoms with Gasteiger partial charge in [0.2, 0.25) is 0 Å². The van der Waals surface area contributed by atoms with Crippen molar-refractivity contribution in [3.05, 3.63) is 69.8 Å². The molecule has 6 heteroatoms. The van der Waals surface area contributed by atoms with E-state index in [0.29, 0.717) is 23.3 Å². The van der Waals surface area contributed by atoms with Crippen molar-refractivity contribution in [2.45, 2.75) is 20.4 Å². The molecule has 0 aliphatic rings. The molecule has 0 aliphatic carbocycles. The number of benzene rings is 2. The van der Waals surface area contributed by atoms with Crippen molar-refractivity contribution in [3.8, 4) is 0 Å². The zero-order valence-corrected chi connectivity index (χ0v) is 15.2. The summed E-state index contributed by atoms with van der Waals surface area (Å²) in [6.07, 6.45) is 0. The molecule has 0 bridgehead atoms. The number of aromatic nitrogens is 2. The molecule has 26 heavy (non-hydrogen) atoms. The number of aromatic amines is 1. The number of quaternary nitrogens is 1. The number of para-hydroxylation sites is 1. The number of aryl methyl sites for hydroxylation is 2. The van der Waals surface area contributed by atoms with Gasteiger partial charge in [0.1, 0.15) is 6.54 Å². The minimum absolute atomic E-state index is 0.0717. The molecule has 3 N–H and O–H groups in total. The molecule has 3 rings (SSSR count). The van der Waals surface area contributed by atoms with Gasteiger partial charge in [-0.15, -0.1) is 0 Å². The summed E-state index contributed by atoms with van der Waals surface area (Å²) in [5.74, 6) is 0.503. The molecule has 0 spiro atoms. The zero-order chi connectivity index (χ0) is 18.7. The van der Waals surface area contributed by atoms with Gasteiger partial charge in [-0.1, -0.05) is 29.8 Å². The number of hydrogen-bond donors (Lipinski definition) is 3. The van der Waals surface area contributed by atoms with Gasteiger partial charge in [-0.2, -0.15) is 0 Å². The Morgan fingerprint density at radius 3 is 2.73 bits per heavy atom. The number of H-pyrrole nitrogens is 1. The Labute approximate surface area is 151 Å². The molecule has 0 aliphatic heterocycles. The number of nitrogens with one attached hydrogen (secondary N) is 3. The summed E-state index contributed by atoms with van der Waals surface area (Å²) in [4.78, 5) is 32.6. The predicted molar refractivity (Wildman–Crippen MR) is 102 cm³/mol. The number of anilines is 1. The highest BCUT2D eigenvalue weighted by molar-refractivity contribution is 5.92. The van der Waals surface area contributed by atoms with Gasteiger partial charge >= 0.3 is 0 Å². The molecule has 0 saturated carbocycles. The number of fused-ring (bicyclic) bond motifs is 1. The molecule has 1 amide bonds. The second kappa shape index (κ2) is 7.49. The number of carbonyl (C=O) groups is 1. The SMILES string of the molecule is Cc1ccc(NC(=O)C[NH+](C)Cc2nc3ccccc3c(=O)[nH]2)c(C)c1. The average molecular weight is 351 g/mol. The van der Waals surface area contributed by atoms with Crippen LogP contribution in [0.25, 0.3) is 10.9 Å². The fourth-order valence-corrected chi connectivity index (χ4v) is 2.99. The Morgan fingerprint density at radius 1 is 1.19 bits per heavy atom. The number of amides is 1. The summed E-state index contributed by atoms with van der Waals surface area (Å²) >= 11 is 0. The van der Waals surface area contributed by atoms with Crippen LogP contribution < -0.4 is 15.8 Å². The topological polar surface area (TPSA) is 79.3 Å². The Kier molecular flexibility index (Phi) is 5.14. The first-order valence-corrected chi connectivity index (χ1v) is 8.59. The van der Waals surface area contributed by atoms with E-state index in [9.17, 15) is 9.59 Å². The van der Waals surface area contributed by atoms with Crippen LogP contribution in [0, 0.1) is 13.8 Å². The third kappa shape index (κ3) is 4.15. The van der Waals surface area contributed by atoms with Crippen molar-refractivity contribution in [3.63, 3.8) is 0 Å². The van der Waals surface area contributed by atoms with Crippen LogP contribution in [-0.2, 0) is 11.3 Å². The number of nitrogens with zero attached hydrogens (tertiary/aromatic N) is 1. The van der Waals surface area contributed by atoms with E-state index in [4.69, 9.17) is 0 Å². The predicted octanol–water partition coefficient (Wildman–Crippen LogP) is 1.19. The lowest BCUT2D eigenvalue weighted by Crippen LogP contribution is -3.08. The molecule has 1 heterocycles. The van der Waals surface area contributed by atoms with Crippen molar-refractivity contribution in [1.82, 2.24) is 9.97 Å². The quantitative estimate of drug-likeness (QED) is 0.646. The smallest absolute Gasteiger partial charge is 0.279 e. The van der Waals surface area contributed by atoms with Crippen molar-refractivity contribution in [2.75, 3.05) is 18.9 Å². The van der Waals surface area contributed by atoms with Gasteiger partial charge in [-0.05, 0) is 37.6 Å². The molecule has 1 atom stereocenters. The second-order valence-electron chi connectivity index (χ2n) is 6.71. The van der Waals surface area contributed by atoms with Crippen molar-refractivity contribution in [1.29, 1.82) is 0 Å². The van der Waals surface area contributed by atoms with E-state index < -0.39 is 0 Å². The molecule has 0 fully saturated rings. The maximum absolute atomic E-state index is 12.3. The normalized spacial score (nSPS) is 12.1. The van der Waals surface area contributed by atoms with Gasteiger partial charge in [0.05, 0.1) is 18.0 Å². The van der Waals surface area contributed by atoms with E-state index in [1.807, 2.05) is 57.3 Å². The first-order chi connectivity index (χ1) is 12.4. The molecular formula is C20H23N4O2+. The standard InChI is InChI=1S/C20H22N4O2/c1-13-8-9-16(14(2)10-13)22-19(25)12-24(3)11-18-21-17-7-5-4-6-15(17)20(26)23-18/h4-10H,11-12H2,1-3H3,(H,22,25)(H,21,23,26)/p+1. The Hall–Kier alpha value is -2.99. The third-order valence-electron chi connectivity index (χ3n) is 4.25. The monoisotopic (exact) mass is 351 g/mol. The summed E-state index contributed by atoms with van der Waals surface area (Å²) in [5.41, 5.74) is 3.54. The minimum atomic E-state index is -0.155. The van der Waals surface area contributed by atoms with E-state index in [-0.39, 0.29) is 18.0 Å². The lowest BCUT2D eigenvalue weighted by Gasteiger charge is -2.14. The van der Waals surface area contributed by atoms with Crippen molar-refractivity contribution < 1.29 is 9.69 Å². The summed E-state index contributed by atoms with van der Waals surface area (Å²) in [6, 6.07) is 13.2. The maximum atomic E-state index is 12.3. The fourth-order valence-electron chi connectivity index (χ4n) is 2.99. The molecule has 2 aromatic carbocycles. The number of hydrogen-bond acceptors (Lipinski definition) is 3. The molecule has 6 nitrogen and oxygen atoms in total. The summed E-state index contributed by atoms with van der Waals surface area (Å²) in [7, 11) is 1.90. The minimum Gasteiger partial charge on any atom is -0.323 e. The van der Waals surface area contributed by atoms with Crippen LogP contribution in [0.5, 0.6) is 0 Å².